The maximum Gasteiger partial charge on any atom is -0.0300 e. The fraction of sp³-hybridized carbons (Fsp3) is 1.00. The quantitative estimate of drug-likeness (QED) is 0.552. The van der Waals surface area contributed by atoms with Gasteiger partial charge in [-0.3, -0.25) is 0 Å². The fourth-order valence-electron chi connectivity index (χ4n) is 1.79. The highest BCUT2D eigenvalue weighted by Crippen LogP contribution is 2.53. The fourth-order valence-corrected chi connectivity index (χ4v) is 1.79. The van der Waals surface area contributed by atoms with E-state index in [-0.39, 0.29) is 0 Å². The molecule has 1 aliphatic rings. The van der Waals surface area contributed by atoms with Crippen LogP contribution in [0.1, 0.15) is 41.0 Å². The second-order valence-corrected chi connectivity index (χ2v) is 4.80. The van der Waals surface area contributed by atoms with Gasteiger partial charge in [-0.25, -0.2) is 0 Å². The first-order chi connectivity index (χ1) is 4.46. The Balaban J connectivity index is 2.52. The van der Waals surface area contributed by atoms with Gasteiger partial charge in [-0.15, -0.1) is 0 Å². The number of rotatable bonds is 2. The van der Waals surface area contributed by atoms with Crippen molar-refractivity contribution in [1.29, 1.82) is 0 Å². The lowest BCUT2D eigenvalue weighted by molar-refractivity contribution is 0.198. The van der Waals surface area contributed by atoms with Crippen molar-refractivity contribution >= 4 is 0 Å². The van der Waals surface area contributed by atoms with E-state index in [0.29, 0.717) is 5.41 Å². The van der Waals surface area contributed by atoms with Crippen LogP contribution >= 0.6 is 0 Å². The SMILES string of the molecule is CC1CC1C(C)(C)C(C)C. The Labute approximate surface area is 65.0 Å². The van der Waals surface area contributed by atoms with Gasteiger partial charge in [-0.1, -0.05) is 34.6 Å². The van der Waals surface area contributed by atoms with Crippen LogP contribution in [0, 0.1) is 23.2 Å². The van der Waals surface area contributed by atoms with E-state index in [4.69, 9.17) is 0 Å². The molecule has 0 saturated heterocycles. The summed E-state index contributed by atoms with van der Waals surface area (Å²) in [4.78, 5) is 0. The van der Waals surface area contributed by atoms with E-state index in [9.17, 15) is 0 Å². The normalized spacial score (nSPS) is 33.0. The zero-order valence-corrected chi connectivity index (χ0v) is 7.94. The predicted octanol–water partition coefficient (Wildman–Crippen LogP) is 3.32. The second-order valence-electron chi connectivity index (χ2n) is 4.80. The van der Waals surface area contributed by atoms with Crippen LogP contribution in [-0.2, 0) is 0 Å². The molecule has 0 aromatic rings. The Bertz CT molecular complexity index is 122. The third kappa shape index (κ3) is 1.21. The van der Waals surface area contributed by atoms with Gasteiger partial charge in [0.15, 0.2) is 0 Å². The molecule has 0 nitrogen and oxygen atoms in total. The van der Waals surface area contributed by atoms with Crippen LogP contribution in [0.5, 0.6) is 0 Å². The van der Waals surface area contributed by atoms with E-state index in [1.807, 2.05) is 0 Å². The number of hydrogen-bond donors (Lipinski definition) is 0. The van der Waals surface area contributed by atoms with Gasteiger partial charge in [0.05, 0.1) is 0 Å². The highest BCUT2D eigenvalue weighted by Gasteiger charge is 2.45. The van der Waals surface area contributed by atoms with Crippen molar-refractivity contribution in [3.63, 3.8) is 0 Å². The average molecular weight is 140 g/mol. The second kappa shape index (κ2) is 2.25. The van der Waals surface area contributed by atoms with E-state index in [1.165, 1.54) is 6.42 Å². The zero-order valence-electron chi connectivity index (χ0n) is 7.94. The minimum absolute atomic E-state index is 0.583. The van der Waals surface area contributed by atoms with E-state index in [2.05, 4.69) is 34.6 Å². The molecule has 0 amide bonds. The largest absolute Gasteiger partial charge is 0.0623 e. The van der Waals surface area contributed by atoms with Crippen LogP contribution < -0.4 is 0 Å². The zero-order chi connectivity index (χ0) is 7.94. The van der Waals surface area contributed by atoms with Gasteiger partial charge < -0.3 is 0 Å². The molecule has 1 aliphatic carbocycles. The van der Waals surface area contributed by atoms with Gasteiger partial charge in [0.2, 0.25) is 0 Å². The lowest BCUT2D eigenvalue weighted by Gasteiger charge is -2.29. The Morgan fingerprint density at radius 1 is 1.30 bits per heavy atom. The van der Waals surface area contributed by atoms with Crippen molar-refractivity contribution in [2.75, 3.05) is 0 Å². The molecule has 2 unspecified atom stereocenters. The van der Waals surface area contributed by atoms with Crippen LogP contribution in [0.25, 0.3) is 0 Å². The summed E-state index contributed by atoms with van der Waals surface area (Å²) in [6.07, 6.45) is 1.46. The summed E-state index contributed by atoms with van der Waals surface area (Å²) in [6, 6.07) is 0. The van der Waals surface area contributed by atoms with Crippen LogP contribution in [0.2, 0.25) is 0 Å². The van der Waals surface area contributed by atoms with E-state index < -0.39 is 0 Å². The first-order valence-electron chi connectivity index (χ1n) is 4.46. The summed E-state index contributed by atoms with van der Waals surface area (Å²) in [5, 5.41) is 0. The Hall–Kier alpha value is 0. The maximum atomic E-state index is 2.41. The van der Waals surface area contributed by atoms with Crippen molar-refractivity contribution in [1.82, 2.24) is 0 Å². The molecule has 1 fully saturated rings. The van der Waals surface area contributed by atoms with E-state index >= 15 is 0 Å². The third-order valence-electron chi connectivity index (χ3n) is 3.55. The lowest BCUT2D eigenvalue weighted by atomic mass is 9.76. The molecule has 0 heterocycles. The summed E-state index contributed by atoms with van der Waals surface area (Å²) in [6.45, 7) is 11.9. The van der Waals surface area contributed by atoms with Crippen molar-refractivity contribution < 1.29 is 0 Å². The van der Waals surface area contributed by atoms with Crippen LogP contribution in [-0.4, -0.2) is 0 Å². The molecule has 0 N–H and O–H groups in total. The molecule has 1 saturated carbocycles. The highest BCUT2D eigenvalue weighted by molar-refractivity contribution is 4.94. The van der Waals surface area contributed by atoms with Crippen molar-refractivity contribution in [2.45, 2.75) is 41.0 Å². The molecule has 0 heteroatoms. The third-order valence-corrected chi connectivity index (χ3v) is 3.55. The minimum atomic E-state index is 0.583. The Morgan fingerprint density at radius 3 is 1.80 bits per heavy atom. The van der Waals surface area contributed by atoms with E-state index in [1.54, 1.807) is 0 Å². The summed E-state index contributed by atoms with van der Waals surface area (Å²) in [5.74, 6) is 2.84. The molecule has 0 spiro atoms. The molecular formula is C10H20. The molecule has 0 radical (unpaired) electrons. The van der Waals surface area contributed by atoms with Crippen LogP contribution in [0.15, 0.2) is 0 Å². The first-order valence-corrected chi connectivity index (χ1v) is 4.46. The summed E-state index contributed by atoms with van der Waals surface area (Å²) in [5.41, 5.74) is 0.583. The van der Waals surface area contributed by atoms with Gasteiger partial charge in [-0.2, -0.15) is 0 Å². The summed E-state index contributed by atoms with van der Waals surface area (Å²) < 4.78 is 0. The topological polar surface area (TPSA) is 0 Å². The molecule has 0 aromatic carbocycles. The molecule has 10 heavy (non-hydrogen) atoms. The monoisotopic (exact) mass is 140 g/mol. The smallest absolute Gasteiger partial charge is 0.0300 e. The van der Waals surface area contributed by atoms with Gasteiger partial charge in [0.25, 0.3) is 0 Å². The van der Waals surface area contributed by atoms with Gasteiger partial charge in [-0.05, 0) is 29.6 Å². The molecule has 0 aliphatic heterocycles. The van der Waals surface area contributed by atoms with Gasteiger partial charge in [0.1, 0.15) is 0 Å². The summed E-state index contributed by atoms with van der Waals surface area (Å²) in [7, 11) is 0. The molecule has 2 atom stereocenters. The van der Waals surface area contributed by atoms with Crippen molar-refractivity contribution in [2.24, 2.45) is 23.2 Å². The standard InChI is InChI=1S/C10H20/c1-7(2)10(4,5)9-6-8(9)3/h7-9H,6H2,1-5H3. The molecular weight excluding hydrogens is 120 g/mol. The Kier molecular flexibility index (Phi) is 1.82. The average Bonchev–Trinajstić information content (AvgIpc) is 2.46. The highest BCUT2D eigenvalue weighted by atomic mass is 14.5. The lowest BCUT2D eigenvalue weighted by Crippen LogP contribution is -2.22. The Morgan fingerprint density at radius 2 is 1.70 bits per heavy atom. The van der Waals surface area contributed by atoms with Crippen LogP contribution in [0.4, 0.5) is 0 Å². The van der Waals surface area contributed by atoms with E-state index in [0.717, 1.165) is 17.8 Å². The number of hydrogen-bond acceptors (Lipinski definition) is 0. The molecule has 0 aromatic heterocycles. The summed E-state index contributed by atoms with van der Waals surface area (Å²) >= 11 is 0. The van der Waals surface area contributed by atoms with Gasteiger partial charge >= 0.3 is 0 Å². The minimum Gasteiger partial charge on any atom is -0.0623 e. The van der Waals surface area contributed by atoms with Crippen LogP contribution in [0.3, 0.4) is 0 Å². The molecule has 1 rings (SSSR count). The predicted molar refractivity (Wildman–Crippen MR) is 45.9 cm³/mol. The molecule has 60 valence electrons. The maximum absolute atomic E-state index is 2.41. The van der Waals surface area contributed by atoms with Crippen molar-refractivity contribution in [3.8, 4) is 0 Å². The molecule has 0 bridgehead atoms. The first kappa shape index (κ1) is 8.10. The van der Waals surface area contributed by atoms with Crippen molar-refractivity contribution in [3.05, 3.63) is 0 Å². The van der Waals surface area contributed by atoms with Gasteiger partial charge in [0, 0.05) is 0 Å².